The molecule has 0 atom stereocenters. The first-order valence-electron chi connectivity index (χ1n) is 5.65. The highest BCUT2D eigenvalue weighted by atomic mass is 16.2. The van der Waals surface area contributed by atoms with Crippen LogP contribution in [0.3, 0.4) is 0 Å². The Balaban J connectivity index is 2.06. The van der Waals surface area contributed by atoms with Crippen LogP contribution in [0.5, 0.6) is 0 Å². The number of carbonyl (C=O) groups excluding carboxylic acids is 1. The van der Waals surface area contributed by atoms with Crippen LogP contribution in [0.1, 0.15) is 12.5 Å². The fraction of sp³-hybridized carbons (Fsp3) is 0.231. The number of carbonyl (C=O) groups is 1. The lowest BCUT2D eigenvalue weighted by Gasteiger charge is -2.06. The number of benzene rings is 1. The molecule has 0 aliphatic heterocycles. The number of rotatable bonds is 3. The van der Waals surface area contributed by atoms with E-state index in [4.69, 9.17) is 0 Å². The van der Waals surface area contributed by atoms with Gasteiger partial charge in [-0.3, -0.25) is 4.98 Å². The molecule has 2 N–H and O–H groups in total. The van der Waals surface area contributed by atoms with Crippen molar-refractivity contribution in [2.45, 2.75) is 13.5 Å². The number of amides is 2. The van der Waals surface area contributed by atoms with Crippen LogP contribution in [0.25, 0.3) is 10.9 Å². The Hall–Kier alpha value is -2.10. The number of pyridine rings is 1. The molecule has 2 rings (SSSR count). The second kappa shape index (κ2) is 5.30. The highest BCUT2D eigenvalue weighted by Crippen LogP contribution is 2.12. The molecule has 0 aliphatic rings. The molecule has 2 amide bonds. The number of hydrogen-bond donors (Lipinski definition) is 2. The van der Waals surface area contributed by atoms with E-state index in [1.54, 1.807) is 6.20 Å². The van der Waals surface area contributed by atoms with Crippen LogP contribution in [0.4, 0.5) is 4.79 Å². The number of urea groups is 1. The van der Waals surface area contributed by atoms with E-state index < -0.39 is 0 Å². The fourth-order valence-corrected chi connectivity index (χ4v) is 1.64. The number of hydrogen-bond acceptors (Lipinski definition) is 2. The standard InChI is InChI=1S/C13H15N3O/c1-2-14-13(17)16-9-10-5-6-12-11(8-10)4-3-7-15-12/h3-8H,2,9H2,1H3,(H2,14,16,17). The molecule has 0 unspecified atom stereocenters. The summed E-state index contributed by atoms with van der Waals surface area (Å²) in [6, 6.07) is 9.75. The second-order valence-corrected chi connectivity index (χ2v) is 3.74. The molecule has 17 heavy (non-hydrogen) atoms. The van der Waals surface area contributed by atoms with Crippen LogP contribution in [0.15, 0.2) is 36.5 Å². The van der Waals surface area contributed by atoms with Crippen molar-refractivity contribution in [2.24, 2.45) is 0 Å². The molecule has 0 bridgehead atoms. The van der Waals surface area contributed by atoms with Crippen molar-refractivity contribution >= 4 is 16.9 Å². The summed E-state index contributed by atoms with van der Waals surface area (Å²) in [6.45, 7) is 3.05. The third-order valence-corrected chi connectivity index (χ3v) is 2.46. The predicted octanol–water partition coefficient (Wildman–Crippen LogP) is 2.05. The summed E-state index contributed by atoms with van der Waals surface area (Å²) in [7, 11) is 0. The van der Waals surface area contributed by atoms with Crippen LogP contribution >= 0.6 is 0 Å². The molecule has 1 aromatic heterocycles. The van der Waals surface area contributed by atoms with Crippen LogP contribution in [-0.4, -0.2) is 17.6 Å². The molecule has 0 saturated heterocycles. The van der Waals surface area contributed by atoms with Gasteiger partial charge in [0.25, 0.3) is 0 Å². The summed E-state index contributed by atoms with van der Waals surface area (Å²) < 4.78 is 0. The largest absolute Gasteiger partial charge is 0.338 e. The average Bonchev–Trinajstić information content (AvgIpc) is 2.36. The van der Waals surface area contributed by atoms with Gasteiger partial charge in [0, 0.05) is 24.7 Å². The van der Waals surface area contributed by atoms with E-state index in [2.05, 4.69) is 15.6 Å². The molecule has 1 aromatic carbocycles. The molecule has 0 spiro atoms. The van der Waals surface area contributed by atoms with E-state index >= 15 is 0 Å². The maximum atomic E-state index is 11.2. The van der Waals surface area contributed by atoms with E-state index in [9.17, 15) is 4.79 Å². The predicted molar refractivity (Wildman–Crippen MR) is 67.7 cm³/mol. The molecule has 4 nitrogen and oxygen atoms in total. The fourth-order valence-electron chi connectivity index (χ4n) is 1.64. The van der Waals surface area contributed by atoms with Crippen LogP contribution in [0.2, 0.25) is 0 Å². The van der Waals surface area contributed by atoms with Crippen molar-refractivity contribution in [1.82, 2.24) is 15.6 Å². The number of nitrogens with zero attached hydrogens (tertiary/aromatic N) is 1. The molecule has 0 fully saturated rings. The zero-order valence-electron chi connectivity index (χ0n) is 9.73. The summed E-state index contributed by atoms with van der Waals surface area (Å²) in [6.07, 6.45) is 1.77. The lowest BCUT2D eigenvalue weighted by atomic mass is 10.1. The molecular formula is C13H15N3O. The van der Waals surface area contributed by atoms with Crippen LogP contribution < -0.4 is 10.6 Å². The number of fused-ring (bicyclic) bond motifs is 1. The monoisotopic (exact) mass is 229 g/mol. The normalized spacial score (nSPS) is 10.2. The summed E-state index contributed by atoms with van der Waals surface area (Å²) in [5.41, 5.74) is 2.03. The molecule has 2 aromatic rings. The minimum absolute atomic E-state index is 0.140. The van der Waals surface area contributed by atoms with Gasteiger partial charge in [-0.25, -0.2) is 4.79 Å². The maximum Gasteiger partial charge on any atom is 0.315 e. The van der Waals surface area contributed by atoms with E-state index in [0.717, 1.165) is 16.5 Å². The number of nitrogens with one attached hydrogen (secondary N) is 2. The Bertz CT molecular complexity index is 525. The number of aromatic nitrogens is 1. The summed E-state index contributed by atoms with van der Waals surface area (Å²) in [5, 5.41) is 6.57. The second-order valence-electron chi connectivity index (χ2n) is 3.74. The van der Waals surface area contributed by atoms with Gasteiger partial charge in [0.1, 0.15) is 0 Å². The van der Waals surface area contributed by atoms with Gasteiger partial charge in [-0.2, -0.15) is 0 Å². The lowest BCUT2D eigenvalue weighted by Crippen LogP contribution is -2.34. The highest BCUT2D eigenvalue weighted by Gasteiger charge is 2.00. The third kappa shape index (κ3) is 2.93. The molecule has 88 valence electrons. The van der Waals surface area contributed by atoms with Crippen molar-refractivity contribution in [1.29, 1.82) is 0 Å². The van der Waals surface area contributed by atoms with Gasteiger partial charge in [0.15, 0.2) is 0 Å². The smallest absolute Gasteiger partial charge is 0.315 e. The summed E-state index contributed by atoms with van der Waals surface area (Å²) >= 11 is 0. The van der Waals surface area contributed by atoms with E-state index in [0.29, 0.717) is 13.1 Å². The van der Waals surface area contributed by atoms with Gasteiger partial charge in [0.05, 0.1) is 5.52 Å². The van der Waals surface area contributed by atoms with Gasteiger partial charge in [0.2, 0.25) is 0 Å². The zero-order valence-corrected chi connectivity index (χ0v) is 9.73. The van der Waals surface area contributed by atoms with Crippen molar-refractivity contribution in [3.8, 4) is 0 Å². The first-order valence-corrected chi connectivity index (χ1v) is 5.65. The van der Waals surface area contributed by atoms with Gasteiger partial charge in [-0.15, -0.1) is 0 Å². The molecule has 1 heterocycles. The van der Waals surface area contributed by atoms with Crippen molar-refractivity contribution in [3.63, 3.8) is 0 Å². The average molecular weight is 229 g/mol. The van der Waals surface area contributed by atoms with Crippen molar-refractivity contribution in [3.05, 3.63) is 42.1 Å². The molecule has 0 radical (unpaired) electrons. The minimum atomic E-state index is -0.140. The Kier molecular flexibility index (Phi) is 3.55. The van der Waals surface area contributed by atoms with Gasteiger partial charge in [-0.05, 0) is 30.7 Å². The minimum Gasteiger partial charge on any atom is -0.338 e. The van der Waals surface area contributed by atoms with Crippen molar-refractivity contribution < 1.29 is 4.79 Å². The Morgan fingerprint density at radius 3 is 3.00 bits per heavy atom. The molecule has 0 aliphatic carbocycles. The van der Waals surface area contributed by atoms with E-state index in [1.807, 2.05) is 37.3 Å². The first-order chi connectivity index (χ1) is 8.29. The topological polar surface area (TPSA) is 54.0 Å². The summed E-state index contributed by atoms with van der Waals surface area (Å²) in [4.78, 5) is 15.5. The van der Waals surface area contributed by atoms with Crippen LogP contribution in [-0.2, 0) is 6.54 Å². The van der Waals surface area contributed by atoms with Crippen molar-refractivity contribution in [2.75, 3.05) is 6.54 Å². The van der Waals surface area contributed by atoms with Gasteiger partial charge >= 0.3 is 6.03 Å². The molecule has 4 heteroatoms. The van der Waals surface area contributed by atoms with Gasteiger partial charge < -0.3 is 10.6 Å². The van der Waals surface area contributed by atoms with E-state index in [1.165, 1.54) is 0 Å². The maximum absolute atomic E-state index is 11.2. The lowest BCUT2D eigenvalue weighted by molar-refractivity contribution is 0.241. The highest BCUT2D eigenvalue weighted by molar-refractivity contribution is 5.79. The molecule has 0 saturated carbocycles. The zero-order chi connectivity index (χ0) is 12.1. The van der Waals surface area contributed by atoms with E-state index in [-0.39, 0.29) is 6.03 Å². The Morgan fingerprint density at radius 1 is 1.29 bits per heavy atom. The first kappa shape index (κ1) is 11.4. The Morgan fingerprint density at radius 2 is 2.18 bits per heavy atom. The third-order valence-electron chi connectivity index (χ3n) is 2.46. The van der Waals surface area contributed by atoms with Crippen LogP contribution in [0, 0.1) is 0 Å². The SMILES string of the molecule is CCNC(=O)NCc1ccc2ncccc2c1. The Labute approximate surface area is 100 Å². The molecular weight excluding hydrogens is 214 g/mol. The summed E-state index contributed by atoms with van der Waals surface area (Å²) in [5.74, 6) is 0. The quantitative estimate of drug-likeness (QED) is 0.846. The van der Waals surface area contributed by atoms with Gasteiger partial charge in [-0.1, -0.05) is 12.1 Å².